The van der Waals surface area contributed by atoms with Gasteiger partial charge in [0.05, 0.1) is 11.1 Å². The van der Waals surface area contributed by atoms with Crippen molar-refractivity contribution in [2.24, 2.45) is 0 Å². The smallest absolute Gasteiger partial charge is 0.430 e. The number of halogens is 10. The standard InChI is InChI=1S/C12F10.BH3O2/c13-3-1(4(14)8(18)11(21)7(3)17)2-5(15)9(19)12(22)10(20)6(2)16;2-1-3/h;1-3H. The maximum absolute atomic E-state index is 13.4. The molecule has 2 rings (SSSR count). The van der Waals surface area contributed by atoms with Crippen LogP contribution in [0.4, 0.5) is 43.9 Å². The molecule has 0 saturated heterocycles. The topological polar surface area (TPSA) is 40.5 Å². The number of benzene rings is 2. The van der Waals surface area contributed by atoms with Gasteiger partial charge in [0.15, 0.2) is 46.5 Å². The number of hydrogen-bond acceptors (Lipinski definition) is 2. The average molecular weight is 380 g/mol. The van der Waals surface area contributed by atoms with E-state index >= 15 is 0 Å². The van der Waals surface area contributed by atoms with Crippen LogP contribution in [0.2, 0.25) is 0 Å². The molecule has 0 atom stereocenters. The van der Waals surface area contributed by atoms with Crippen molar-refractivity contribution in [3.8, 4) is 11.1 Å². The van der Waals surface area contributed by atoms with Gasteiger partial charge in [-0.3, -0.25) is 0 Å². The molecule has 2 nitrogen and oxygen atoms in total. The highest BCUT2D eigenvalue weighted by atomic mass is 19.2. The first-order valence-electron chi connectivity index (χ1n) is 5.77. The Morgan fingerprint density at radius 3 is 0.640 bits per heavy atom. The summed E-state index contributed by atoms with van der Waals surface area (Å²) in [5.41, 5.74) is -4.52. The van der Waals surface area contributed by atoms with Gasteiger partial charge in [0.1, 0.15) is 0 Å². The molecule has 0 unspecified atom stereocenters. The lowest BCUT2D eigenvalue weighted by atomic mass is 10.0. The molecule has 2 N–H and O–H groups in total. The number of rotatable bonds is 1. The van der Waals surface area contributed by atoms with E-state index in [0.29, 0.717) is 0 Å². The summed E-state index contributed by atoms with van der Waals surface area (Å²) < 4.78 is 131. The monoisotopic (exact) mass is 380 g/mol. The summed E-state index contributed by atoms with van der Waals surface area (Å²) >= 11 is 0. The van der Waals surface area contributed by atoms with Crippen molar-refractivity contribution in [2.45, 2.75) is 0 Å². The van der Waals surface area contributed by atoms with Crippen molar-refractivity contribution in [2.75, 3.05) is 0 Å². The third kappa shape index (κ3) is 3.42. The lowest BCUT2D eigenvalue weighted by Crippen LogP contribution is -2.10. The minimum atomic E-state index is -2.68. The SMILES string of the molecule is Fc1c(F)c(F)c(-c2c(F)c(F)c(F)c(F)c2F)c(F)c1F.OBO. The van der Waals surface area contributed by atoms with Crippen molar-refractivity contribution in [1.82, 2.24) is 0 Å². The zero-order valence-electron chi connectivity index (χ0n) is 11.4. The van der Waals surface area contributed by atoms with Gasteiger partial charge in [-0.05, 0) is 0 Å². The summed E-state index contributed by atoms with van der Waals surface area (Å²) in [6.07, 6.45) is 0. The van der Waals surface area contributed by atoms with Crippen LogP contribution < -0.4 is 0 Å². The highest BCUT2D eigenvalue weighted by molar-refractivity contribution is 6.13. The molecule has 0 aliphatic rings. The van der Waals surface area contributed by atoms with Crippen LogP contribution >= 0.6 is 0 Å². The molecule has 0 heterocycles. The van der Waals surface area contributed by atoms with E-state index in [4.69, 9.17) is 10.0 Å². The van der Waals surface area contributed by atoms with Gasteiger partial charge in [-0.2, -0.15) is 0 Å². The highest BCUT2D eigenvalue weighted by Crippen LogP contribution is 2.37. The van der Waals surface area contributed by atoms with Gasteiger partial charge in [0.2, 0.25) is 11.6 Å². The largest absolute Gasteiger partial charge is 0.432 e. The van der Waals surface area contributed by atoms with E-state index < -0.39 is 77.0 Å². The van der Waals surface area contributed by atoms with Gasteiger partial charge < -0.3 is 10.0 Å². The van der Waals surface area contributed by atoms with Crippen LogP contribution in [-0.2, 0) is 0 Å². The predicted molar refractivity (Wildman–Crippen MR) is 63.0 cm³/mol. The fraction of sp³-hybridized carbons (Fsp3) is 0. The molecule has 2 aromatic carbocycles. The second-order valence-electron chi connectivity index (χ2n) is 4.03. The van der Waals surface area contributed by atoms with Crippen molar-refractivity contribution >= 4 is 7.69 Å². The van der Waals surface area contributed by atoms with E-state index in [0.717, 1.165) is 0 Å². The summed E-state index contributed by atoms with van der Waals surface area (Å²) in [5.74, 6) is -26.6. The van der Waals surface area contributed by atoms with Gasteiger partial charge >= 0.3 is 7.69 Å². The second kappa shape index (κ2) is 7.74. The molecule has 0 aliphatic heterocycles. The van der Waals surface area contributed by atoms with Gasteiger partial charge in [-0.1, -0.05) is 0 Å². The Hall–Kier alpha value is -2.28. The zero-order chi connectivity index (χ0) is 19.6. The van der Waals surface area contributed by atoms with Crippen molar-refractivity contribution in [3.63, 3.8) is 0 Å². The Bertz CT molecular complexity index is 701. The van der Waals surface area contributed by atoms with Gasteiger partial charge in [-0.25, -0.2) is 43.9 Å². The van der Waals surface area contributed by atoms with E-state index in [1.807, 2.05) is 0 Å². The Balaban J connectivity index is 0.000000970. The fourth-order valence-electron chi connectivity index (χ4n) is 1.65. The van der Waals surface area contributed by atoms with Crippen LogP contribution in [-0.4, -0.2) is 17.7 Å². The van der Waals surface area contributed by atoms with Gasteiger partial charge in [0, 0.05) is 0 Å². The molecule has 0 aliphatic carbocycles. The van der Waals surface area contributed by atoms with Crippen molar-refractivity contribution in [3.05, 3.63) is 58.2 Å². The van der Waals surface area contributed by atoms with E-state index in [-0.39, 0.29) is 0 Å². The minimum Gasteiger partial charge on any atom is -0.430 e. The maximum Gasteiger partial charge on any atom is 0.432 e. The summed E-state index contributed by atoms with van der Waals surface area (Å²) in [5, 5.41) is 14.2. The molecule has 0 saturated carbocycles. The summed E-state index contributed by atoms with van der Waals surface area (Å²) in [4.78, 5) is 0. The molecule has 0 bridgehead atoms. The summed E-state index contributed by atoms with van der Waals surface area (Å²) in [7, 11) is -0.750. The summed E-state index contributed by atoms with van der Waals surface area (Å²) in [6, 6.07) is 0. The molecule has 0 fully saturated rings. The lowest BCUT2D eigenvalue weighted by molar-refractivity contribution is 0.370. The van der Waals surface area contributed by atoms with Crippen LogP contribution in [0, 0.1) is 58.2 Å². The van der Waals surface area contributed by atoms with Crippen LogP contribution in [0.3, 0.4) is 0 Å². The minimum absolute atomic E-state index is 0.750. The first-order chi connectivity index (χ1) is 11.5. The normalized spacial score (nSPS) is 10.4. The molecule has 25 heavy (non-hydrogen) atoms. The molecule has 13 heteroatoms. The Morgan fingerprint density at radius 2 is 0.480 bits per heavy atom. The van der Waals surface area contributed by atoms with E-state index in [1.165, 1.54) is 0 Å². The second-order valence-corrected chi connectivity index (χ2v) is 4.03. The van der Waals surface area contributed by atoms with Crippen molar-refractivity contribution < 1.29 is 54.0 Å². The Morgan fingerprint density at radius 1 is 0.360 bits per heavy atom. The molecule has 0 radical (unpaired) electrons. The number of hydrogen-bond donors (Lipinski definition) is 2. The highest BCUT2D eigenvalue weighted by Gasteiger charge is 2.34. The van der Waals surface area contributed by atoms with E-state index in [1.54, 1.807) is 0 Å². The lowest BCUT2D eigenvalue weighted by Gasteiger charge is -2.11. The third-order valence-electron chi connectivity index (χ3n) is 2.67. The van der Waals surface area contributed by atoms with Crippen LogP contribution in [0.1, 0.15) is 0 Å². The molecule has 0 spiro atoms. The molecule has 136 valence electrons. The van der Waals surface area contributed by atoms with Gasteiger partial charge in [-0.15, -0.1) is 0 Å². The van der Waals surface area contributed by atoms with Crippen molar-refractivity contribution in [1.29, 1.82) is 0 Å². The van der Waals surface area contributed by atoms with E-state index in [9.17, 15) is 43.9 Å². The molecular weight excluding hydrogens is 377 g/mol. The first-order valence-corrected chi connectivity index (χ1v) is 5.77. The third-order valence-corrected chi connectivity index (χ3v) is 2.67. The zero-order valence-corrected chi connectivity index (χ0v) is 11.4. The molecule has 0 amide bonds. The first kappa shape index (κ1) is 20.8. The predicted octanol–water partition coefficient (Wildman–Crippen LogP) is 2.98. The fourth-order valence-corrected chi connectivity index (χ4v) is 1.65. The maximum atomic E-state index is 13.4. The van der Waals surface area contributed by atoms with E-state index in [2.05, 4.69) is 0 Å². The molecule has 0 aromatic heterocycles. The summed E-state index contributed by atoms with van der Waals surface area (Å²) in [6.45, 7) is 0. The Kier molecular flexibility index (Phi) is 6.43. The van der Waals surface area contributed by atoms with Gasteiger partial charge in [0.25, 0.3) is 0 Å². The quantitative estimate of drug-likeness (QED) is 0.346. The Labute approximate surface area is 132 Å². The van der Waals surface area contributed by atoms with Crippen LogP contribution in [0.25, 0.3) is 11.1 Å². The van der Waals surface area contributed by atoms with Crippen LogP contribution in [0.15, 0.2) is 0 Å². The molecular formula is C12H3BF10O2. The van der Waals surface area contributed by atoms with Crippen LogP contribution in [0.5, 0.6) is 0 Å². The molecule has 2 aromatic rings. The average Bonchev–Trinajstić information content (AvgIpc) is 2.58.